The van der Waals surface area contributed by atoms with Crippen LogP contribution in [0.25, 0.3) is 0 Å². The Morgan fingerprint density at radius 3 is 2.08 bits per heavy atom. The summed E-state index contributed by atoms with van der Waals surface area (Å²) in [7, 11) is 3.97. The normalized spacial score (nSPS) is 37.6. The fraction of sp³-hybridized carbons (Fsp3) is 0.450. The highest BCUT2D eigenvalue weighted by Crippen LogP contribution is 2.65. The summed E-state index contributed by atoms with van der Waals surface area (Å²) in [5.41, 5.74) is 1.98. The Hall–Kier alpha value is -2.43. The quantitative estimate of drug-likeness (QED) is 0.483. The van der Waals surface area contributed by atoms with Crippen LogP contribution in [0.1, 0.15) is 12.0 Å². The molecular formula is C20H21N3O2. The standard InChI is InChI=1S/C20H21N3O2/c1-22(2)12-5-3-11(4-6-12)10-21-23-19(24)17-13-7-8-14(16-9-15(13)16)18(17)20(23)25/h3-8,10,13-18H,9H2,1-2H3/b21-10-/t13-,14-,15-,16+,17-,18+/m0/s1. The van der Waals surface area contributed by atoms with Gasteiger partial charge in [-0.1, -0.05) is 24.3 Å². The Labute approximate surface area is 147 Å². The molecule has 4 aliphatic carbocycles. The lowest BCUT2D eigenvalue weighted by Crippen LogP contribution is -2.40. The maximum absolute atomic E-state index is 12.8. The van der Waals surface area contributed by atoms with Crippen LogP contribution in [0.5, 0.6) is 0 Å². The lowest BCUT2D eigenvalue weighted by atomic mass is 9.63. The van der Waals surface area contributed by atoms with E-state index in [-0.39, 0.29) is 35.5 Å². The second-order valence-electron chi connectivity index (χ2n) is 7.87. The zero-order valence-corrected chi connectivity index (χ0v) is 14.4. The summed E-state index contributed by atoms with van der Waals surface area (Å²) < 4.78 is 0. The van der Waals surface area contributed by atoms with Crippen molar-refractivity contribution in [3.63, 3.8) is 0 Å². The van der Waals surface area contributed by atoms with Crippen LogP contribution >= 0.6 is 0 Å². The molecule has 1 aromatic rings. The topological polar surface area (TPSA) is 53.0 Å². The van der Waals surface area contributed by atoms with Gasteiger partial charge in [-0.2, -0.15) is 10.1 Å². The van der Waals surface area contributed by atoms with Crippen molar-refractivity contribution in [2.24, 2.45) is 40.6 Å². The average Bonchev–Trinajstić information content (AvgIpc) is 3.39. The van der Waals surface area contributed by atoms with Crippen LogP contribution in [0.4, 0.5) is 5.69 Å². The van der Waals surface area contributed by atoms with Crippen LogP contribution in [0.15, 0.2) is 41.5 Å². The Kier molecular flexibility index (Phi) is 3.00. The molecule has 5 nitrogen and oxygen atoms in total. The Morgan fingerprint density at radius 1 is 1.00 bits per heavy atom. The van der Waals surface area contributed by atoms with Crippen molar-refractivity contribution in [2.75, 3.05) is 19.0 Å². The van der Waals surface area contributed by atoms with E-state index < -0.39 is 0 Å². The van der Waals surface area contributed by atoms with Gasteiger partial charge in [0.25, 0.3) is 11.8 Å². The molecule has 0 aromatic heterocycles. The predicted molar refractivity (Wildman–Crippen MR) is 94.9 cm³/mol. The van der Waals surface area contributed by atoms with Crippen molar-refractivity contribution in [2.45, 2.75) is 6.42 Å². The van der Waals surface area contributed by atoms with Gasteiger partial charge in [0.2, 0.25) is 0 Å². The zero-order valence-electron chi connectivity index (χ0n) is 14.4. The minimum atomic E-state index is -0.181. The second-order valence-corrected chi connectivity index (χ2v) is 7.87. The van der Waals surface area contributed by atoms with Crippen molar-refractivity contribution >= 4 is 23.7 Å². The van der Waals surface area contributed by atoms with Crippen LogP contribution < -0.4 is 4.90 Å². The molecule has 2 saturated carbocycles. The molecule has 2 bridgehead atoms. The maximum Gasteiger partial charge on any atom is 0.254 e. The van der Waals surface area contributed by atoms with E-state index in [9.17, 15) is 9.59 Å². The highest BCUT2D eigenvalue weighted by atomic mass is 16.2. The Bertz CT molecular complexity index is 775. The molecule has 1 saturated heterocycles. The number of anilines is 1. The summed E-state index contributed by atoms with van der Waals surface area (Å²) in [6.45, 7) is 0. The van der Waals surface area contributed by atoms with Crippen molar-refractivity contribution in [3.05, 3.63) is 42.0 Å². The number of nitrogens with zero attached hydrogens (tertiary/aromatic N) is 3. The summed E-state index contributed by atoms with van der Waals surface area (Å²) >= 11 is 0. The van der Waals surface area contributed by atoms with E-state index in [0.717, 1.165) is 16.3 Å². The number of hydrogen-bond acceptors (Lipinski definition) is 4. The molecule has 128 valence electrons. The molecule has 0 N–H and O–H groups in total. The first-order valence-corrected chi connectivity index (χ1v) is 8.94. The molecule has 6 rings (SSSR count). The van der Waals surface area contributed by atoms with Crippen molar-refractivity contribution in [1.29, 1.82) is 0 Å². The molecule has 3 fully saturated rings. The molecule has 5 aliphatic rings. The predicted octanol–water partition coefficient (Wildman–Crippen LogP) is 2.14. The third-order valence-electron chi connectivity index (χ3n) is 6.37. The lowest BCUT2D eigenvalue weighted by molar-refractivity contribution is -0.140. The van der Waals surface area contributed by atoms with Crippen molar-refractivity contribution in [3.8, 4) is 0 Å². The number of allylic oxidation sites excluding steroid dienone is 2. The van der Waals surface area contributed by atoms with E-state index >= 15 is 0 Å². The first kappa shape index (κ1) is 14.9. The van der Waals surface area contributed by atoms with E-state index in [1.165, 1.54) is 6.42 Å². The second kappa shape index (κ2) is 5.04. The minimum absolute atomic E-state index is 0.110. The van der Waals surface area contributed by atoms with E-state index in [2.05, 4.69) is 17.3 Å². The monoisotopic (exact) mass is 335 g/mol. The lowest BCUT2D eigenvalue weighted by Gasteiger charge is -2.37. The number of hydrazone groups is 1. The summed E-state index contributed by atoms with van der Waals surface area (Å²) in [6.07, 6.45) is 7.15. The molecule has 5 heteroatoms. The molecule has 6 atom stereocenters. The van der Waals surface area contributed by atoms with Crippen LogP contribution in [0.3, 0.4) is 0 Å². The van der Waals surface area contributed by atoms with Crippen LogP contribution in [0.2, 0.25) is 0 Å². The largest absolute Gasteiger partial charge is 0.378 e. The summed E-state index contributed by atoms with van der Waals surface area (Å²) in [4.78, 5) is 27.7. The van der Waals surface area contributed by atoms with E-state index in [1.807, 2.05) is 43.3 Å². The number of imide groups is 1. The number of benzene rings is 1. The molecule has 1 aromatic carbocycles. The zero-order chi connectivity index (χ0) is 17.3. The smallest absolute Gasteiger partial charge is 0.254 e. The summed E-state index contributed by atoms with van der Waals surface area (Å²) in [5.74, 6) is 1.15. The van der Waals surface area contributed by atoms with Crippen molar-refractivity contribution < 1.29 is 9.59 Å². The summed E-state index contributed by atoms with van der Waals surface area (Å²) in [5, 5.41) is 5.39. The fourth-order valence-electron chi connectivity index (χ4n) is 5.04. The highest BCUT2D eigenvalue weighted by Gasteiger charge is 2.67. The van der Waals surface area contributed by atoms with E-state index in [4.69, 9.17) is 0 Å². The molecule has 0 radical (unpaired) electrons. The van der Waals surface area contributed by atoms with Gasteiger partial charge in [0.05, 0.1) is 18.1 Å². The number of hydrogen-bond donors (Lipinski definition) is 0. The van der Waals surface area contributed by atoms with E-state index in [0.29, 0.717) is 11.8 Å². The highest BCUT2D eigenvalue weighted by molar-refractivity contribution is 6.06. The maximum atomic E-state index is 12.8. The third-order valence-corrected chi connectivity index (χ3v) is 6.37. The van der Waals surface area contributed by atoms with Crippen LogP contribution in [0, 0.1) is 35.5 Å². The van der Waals surface area contributed by atoms with Gasteiger partial charge in [0, 0.05) is 19.8 Å². The molecule has 25 heavy (non-hydrogen) atoms. The Morgan fingerprint density at radius 2 is 1.56 bits per heavy atom. The minimum Gasteiger partial charge on any atom is -0.378 e. The third kappa shape index (κ3) is 2.04. The van der Waals surface area contributed by atoms with E-state index in [1.54, 1.807) is 6.21 Å². The van der Waals surface area contributed by atoms with Gasteiger partial charge in [-0.15, -0.1) is 0 Å². The van der Waals surface area contributed by atoms with Gasteiger partial charge in [-0.3, -0.25) is 9.59 Å². The van der Waals surface area contributed by atoms with Gasteiger partial charge in [0.15, 0.2) is 0 Å². The van der Waals surface area contributed by atoms with Gasteiger partial charge in [-0.25, -0.2) is 0 Å². The van der Waals surface area contributed by atoms with Crippen LogP contribution in [-0.4, -0.2) is 37.1 Å². The van der Waals surface area contributed by atoms with Gasteiger partial charge >= 0.3 is 0 Å². The first-order valence-electron chi connectivity index (χ1n) is 8.94. The summed E-state index contributed by atoms with van der Waals surface area (Å²) in [6, 6.07) is 7.87. The number of rotatable bonds is 3. The molecule has 0 spiro atoms. The first-order chi connectivity index (χ1) is 12.1. The molecule has 0 unspecified atom stereocenters. The molecule has 1 heterocycles. The molecular weight excluding hydrogens is 314 g/mol. The average molecular weight is 335 g/mol. The van der Waals surface area contributed by atoms with Gasteiger partial charge in [0.1, 0.15) is 0 Å². The van der Waals surface area contributed by atoms with Gasteiger partial charge < -0.3 is 4.90 Å². The SMILES string of the molecule is CN(C)c1ccc(/C=N\N2C(=O)[C@@H]3[C@H]4C=C[C@@H]([C@@H]5C[C@H]45)[C@@H]3C2=O)cc1. The van der Waals surface area contributed by atoms with Crippen LogP contribution in [-0.2, 0) is 9.59 Å². The molecule has 1 aliphatic heterocycles. The number of carbonyl (C=O) groups excluding carboxylic acids is 2. The van der Waals surface area contributed by atoms with Gasteiger partial charge in [-0.05, 0) is 47.8 Å². The number of amides is 2. The fourth-order valence-corrected chi connectivity index (χ4v) is 5.04. The number of carbonyl (C=O) groups is 2. The Balaban J connectivity index is 1.39. The molecule has 2 amide bonds. The van der Waals surface area contributed by atoms with Crippen molar-refractivity contribution in [1.82, 2.24) is 5.01 Å².